The van der Waals surface area contributed by atoms with Crippen LogP contribution in [-0.2, 0) is 12.8 Å². The third kappa shape index (κ3) is 4.36. The summed E-state index contributed by atoms with van der Waals surface area (Å²) in [5, 5.41) is 0. The Morgan fingerprint density at radius 3 is 1.67 bits per heavy atom. The van der Waals surface area contributed by atoms with Gasteiger partial charge in [-0.05, 0) is 93.0 Å². The minimum atomic E-state index is 0.0992. The van der Waals surface area contributed by atoms with E-state index in [9.17, 15) is 4.79 Å². The van der Waals surface area contributed by atoms with E-state index in [2.05, 4.69) is 52.0 Å². The van der Waals surface area contributed by atoms with Gasteiger partial charge < -0.3 is 0 Å². The standard InChI is InChI=1S/C26H28O/c1-17-6-8-22(20(4)14-17)10-11-23-12-13-25(16-21(23)5)26(27)24-9-7-18(2)19(3)15-24/h6-9,12-16H,10-11H2,1-5H3. The molecule has 0 radical (unpaired) electrons. The molecule has 3 rings (SSSR count). The van der Waals surface area contributed by atoms with Gasteiger partial charge in [0.15, 0.2) is 5.78 Å². The third-order valence-corrected chi connectivity index (χ3v) is 5.54. The SMILES string of the molecule is Cc1ccc(CCc2ccc(C(=O)c3ccc(C)c(C)c3)cc2C)c(C)c1. The summed E-state index contributed by atoms with van der Waals surface area (Å²) in [5.74, 6) is 0.0992. The first-order valence-electron chi connectivity index (χ1n) is 9.63. The number of ketones is 1. The van der Waals surface area contributed by atoms with Crippen LogP contribution in [-0.4, -0.2) is 5.78 Å². The number of carbonyl (C=O) groups is 1. The molecule has 0 fully saturated rings. The van der Waals surface area contributed by atoms with Crippen LogP contribution in [0.15, 0.2) is 54.6 Å². The van der Waals surface area contributed by atoms with Crippen molar-refractivity contribution in [1.82, 2.24) is 0 Å². The first-order valence-corrected chi connectivity index (χ1v) is 9.63. The summed E-state index contributed by atoms with van der Waals surface area (Å²) >= 11 is 0. The van der Waals surface area contributed by atoms with Gasteiger partial charge in [0.05, 0.1) is 0 Å². The van der Waals surface area contributed by atoms with Crippen LogP contribution >= 0.6 is 0 Å². The average Bonchev–Trinajstić information content (AvgIpc) is 2.63. The number of carbonyl (C=O) groups excluding carboxylic acids is 1. The maximum absolute atomic E-state index is 12.8. The van der Waals surface area contributed by atoms with E-state index in [1.165, 1.54) is 33.4 Å². The molecule has 0 aliphatic rings. The number of benzene rings is 3. The van der Waals surface area contributed by atoms with Crippen LogP contribution in [0.3, 0.4) is 0 Å². The number of rotatable bonds is 5. The van der Waals surface area contributed by atoms with Crippen molar-refractivity contribution in [2.24, 2.45) is 0 Å². The molecular formula is C26H28O. The predicted molar refractivity (Wildman–Crippen MR) is 114 cm³/mol. The monoisotopic (exact) mass is 356 g/mol. The molecule has 138 valence electrons. The maximum atomic E-state index is 12.8. The molecule has 0 aliphatic carbocycles. The van der Waals surface area contributed by atoms with Crippen LogP contribution in [0.2, 0.25) is 0 Å². The van der Waals surface area contributed by atoms with Crippen molar-refractivity contribution < 1.29 is 4.79 Å². The van der Waals surface area contributed by atoms with Crippen LogP contribution in [0.5, 0.6) is 0 Å². The van der Waals surface area contributed by atoms with E-state index in [0.717, 1.165) is 29.5 Å². The molecular weight excluding hydrogens is 328 g/mol. The van der Waals surface area contributed by atoms with Gasteiger partial charge in [0, 0.05) is 11.1 Å². The van der Waals surface area contributed by atoms with Gasteiger partial charge in [-0.3, -0.25) is 4.79 Å². The van der Waals surface area contributed by atoms with Gasteiger partial charge in [-0.1, -0.05) is 48.0 Å². The normalized spacial score (nSPS) is 10.9. The van der Waals surface area contributed by atoms with Gasteiger partial charge in [0.1, 0.15) is 0 Å². The first kappa shape index (κ1) is 19.1. The summed E-state index contributed by atoms with van der Waals surface area (Å²) in [7, 11) is 0. The van der Waals surface area contributed by atoms with Crippen LogP contribution in [0, 0.1) is 34.6 Å². The maximum Gasteiger partial charge on any atom is 0.193 e. The fraction of sp³-hybridized carbons (Fsp3) is 0.269. The molecule has 1 heteroatoms. The molecule has 0 atom stereocenters. The van der Waals surface area contributed by atoms with E-state index in [-0.39, 0.29) is 5.78 Å². The molecule has 27 heavy (non-hydrogen) atoms. The van der Waals surface area contributed by atoms with Gasteiger partial charge in [0.25, 0.3) is 0 Å². The Kier molecular flexibility index (Phi) is 5.60. The van der Waals surface area contributed by atoms with Gasteiger partial charge in [-0.2, -0.15) is 0 Å². The average molecular weight is 357 g/mol. The zero-order valence-electron chi connectivity index (χ0n) is 17.0. The van der Waals surface area contributed by atoms with Gasteiger partial charge in [-0.15, -0.1) is 0 Å². The number of hydrogen-bond acceptors (Lipinski definition) is 1. The number of hydrogen-bond donors (Lipinski definition) is 0. The quantitative estimate of drug-likeness (QED) is 0.494. The second kappa shape index (κ2) is 7.92. The van der Waals surface area contributed by atoms with Crippen LogP contribution < -0.4 is 0 Å². The lowest BCUT2D eigenvalue weighted by Crippen LogP contribution is -2.04. The van der Waals surface area contributed by atoms with E-state index in [4.69, 9.17) is 0 Å². The zero-order valence-corrected chi connectivity index (χ0v) is 17.0. The van der Waals surface area contributed by atoms with Crippen LogP contribution in [0.25, 0.3) is 0 Å². The van der Waals surface area contributed by atoms with Crippen molar-refractivity contribution in [1.29, 1.82) is 0 Å². The van der Waals surface area contributed by atoms with Crippen molar-refractivity contribution in [3.05, 3.63) is 105 Å². The Bertz CT molecular complexity index is 995. The van der Waals surface area contributed by atoms with E-state index in [1.54, 1.807) is 0 Å². The van der Waals surface area contributed by atoms with Crippen molar-refractivity contribution >= 4 is 5.78 Å². The Balaban J connectivity index is 1.76. The molecule has 0 saturated heterocycles. The summed E-state index contributed by atoms with van der Waals surface area (Å²) < 4.78 is 0. The highest BCUT2D eigenvalue weighted by Gasteiger charge is 2.12. The molecule has 0 amide bonds. The molecule has 0 aromatic heterocycles. The molecule has 0 N–H and O–H groups in total. The number of aryl methyl sites for hydroxylation is 7. The lowest BCUT2D eigenvalue weighted by Gasteiger charge is -2.11. The van der Waals surface area contributed by atoms with Crippen LogP contribution in [0.1, 0.15) is 54.9 Å². The summed E-state index contributed by atoms with van der Waals surface area (Å²) in [5.41, 5.74) is 10.5. The second-order valence-electron chi connectivity index (χ2n) is 7.70. The second-order valence-corrected chi connectivity index (χ2v) is 7.70. The van der Waals surface area contributed by atoms with Gasteiger partial charge >= 0.3 is 0 Å². The fourth-order valence-corrected chi connectivity index (χ4v) is 3.56. The molecule has 0 spiro atoms. The topological polar surface area (TPSA) is 17.1 Å². The largest absolute Gasteiger partial charge is 0.289 e. The summed E-state index contributed by atoms with van der Waals surface area (Å²) in [6, 6.07) is 18.7. The molecule has 0 bridgehead atoms. The molecule has 0 saturated carbocycles. The molecule has 3 aromatic carbocycles. The Morgan fingerprint density at radius 2 is 1.11 bits per heavy atom. The highest BCUT2D eigenvalue weighted by molar-refractivity contribution is 6.09. The van der Waals surface area contributed by atoms with E-state index >= 15 is 0 Å². The predicted octanol–water partition coefficient (Wildman–Crippen LogP) is 6.24. The summed E-state index contributed by atoms with van der Waals surface area (Å²) in [4.78, 5) is 12.8. The zero-order chi connectivity index (χ0) is 19.6. The molecule has 0 heterocycles. The smallest absolute Gasteiger partial charge is 0.193 e. The van der Waals surface area contributed by atoms with E-state index in [0.29, 0.717) is 0 Å². The summed E-state index contributed by atoms with van der Waals surface area (Å²) in [6.07, 6.45) is 2.02. The van der Waals surface area contributed by atoms with Crippen molar-refractivity contribution in [2.45, 2.75) is 47.5 Å². The van der Waals surface area contributed by atoms with E-state index in [1.807, 2.05) is 37.3 Å². The minimum absolute atomic E-state index is 0.0992. The Hall–Kier alpha value is -2.67. The van der Waals surface area contributed by atoms with E-state index < -0.39 is 0 Å². The molecule has 1 nitrogen and oxygen atoms in total. The van der Waals surface area contributed by atoms with Crippen molar-refractivity contribution in [2.75, 3.05) is 0 Å². The Morgan fingerprint density at radius 1 is 0.593 bits per heavy atom. The first-order chi connectivity index (χ1) is 12.8. The lowest BCUT2D eigenvalue weighted by atomic mass is 9.93. The van der Waals surface area contributed by atoms with Gasteiger partial charge in [0.2, 0.25) is 0 Å². The third-order valence-electron chi connectivity index (χ3n) is 5.54. The summed E-state index contributed by atoms with van der Waals surface area (Å²) in [6.45, 7) is 10.5. The fourth-order valence-electron chi connectivity index (χ4n) is 3.56. The van der Waals surface area contributed by atoms with Crippen molar-refractivity contribution in [3.8, 4) is 0 Å². The molecule has 0 unspecified atom stereocenters. The Labute approximate surface area is 163 Å². The van der Waals surface area contributed by atoms with Gasteiger partial charge in [-0.25, -0.2) is 0 Å². The molecule has 0 aliphatic heterocycles. The minimum Gasteiger partial charge on any atom is -0.289 e. The van der Waals surface area contributed by atoms with Crippen LogP contribution in [0.4, 0.5) is 0 Å². The highest BCUT2D eigenvalue weighted by Crippen LogP contribution is 2.20. The lowest BCUT2D eigenvalue weighted by molar-refractivity contribution is 0.103. The highest BCUT2D eigenvalue weighted by atomic mass is 16.1. The molecule has 3 aromatic rings. The van der Waals surface area contributed by atoms with Crippen molar-refractivity contribution in [3.63, 3.8) is 0 Å².